The number of anilines is 1. The number of ether oxygens (including phenoxy) is 2. The van der Waals surface area contributed by atoms with Crippen molar-refractivity contribution in [2.75, 3.05) is 51.4 Å². The van der Waals surface area contributed by atoms with Gasteiger partial charge in [0.1, 0.15) is 12.3 Å². The number of amides is 1. The van der Waals surface area contributed by atoms with E-state index in [0.717, 1.165) is 71.8 Å². The Morgan fingerprint density at radius 1 is 1.26 bits per heavy atom. The van der Waals surface area contributed by atoms with E-state index in [0.29, 0.717) is 6.54 Å². The van der Waals surface area contributed by atoms with Crippen LogP contribution < -0.4 is 9.64 Å². The number of morpholine rings is 1. The zero-order chi connectivity index (χ0) is 21.8. The summed E-state index contributed by atoms with van der Waals surface area (Å²) in [6.45, 7) is 9.12. The maximum atomic E-state index is 13.3. The van der Waals surface area contributed by atoms with Crippen LogP contribution in [0, 0.1) is 13.8 Å². The molecule has 3 aromatic rings. The number of hydrogen-bond acceptors (Lipinski definition) is 7. The van der Waals surface area contributed by atoms with Crippen molar-refractivity contribution in [3.8, 4) is 5.75 Å². The Kier molecular flexibility index (Phi) is 6.84. The number of hydrogen-bond donors (Lipinski definition) is 0. The quantitative estimate of drug-likeness (QED) is 0.533. The number of thiazole rings is 1. The molecule has 0 aliphatic carbocycles. The van der Waals surface area contributed by atoms with Crippen LogP contribution in [0.25, 0.3) is 10.2 Å². The van der Waals surface area contributed by atoms with Crippen molar-refractivity contribution in [2.24, 2.45) is 0 Å². The second kappa shape index (κ2) is 9.76. The van der Waals surface area contributed by atoms with E-state index in [-0.39, 0.29) is 12.5 Å². The van der Waals surface area contributed by atoms with Gasteiger partial charge in [0.15, 0.2) is 5.13 Å². The van der Waals surface area contributed by atoms with Crippen LogP contribution in [0.2, 0.25) is 0 Å². The first-order valence-corrected chi connectivity index (χ1v) is 11.4. The van der Waals surface area contributed by atoms with Gasteiger partial charge in [-0.05, 0) is 44.5 Å². The van der Waals surface area contributed by atoms with Gasteiger partial charge in [-0.2, -0.15) is 5.10 Å². The van der Waals surface area contributed by atoms with Crippen LogP contribution in [0.5, 0.6) is 5.75 Å². The van der Waals surface area contributed by atoms with Gasteiger partial charge in [0.2, 0.25) is 0 Å². The van der Waals surface area contributed by atoms with Crippen molar-refractivity contribution in [1.82, 2.24) is 19.7 Å². The van der Waals surface area contributed by atoms with E-state index in [1.54, 1.807) is 11.8 Å². The summed E-state index contributed by atoms with van der Waals surface area (Å²) >= 11 is 1.52. The molecule has 9 heteroatoms. The topological polar surface area (TPSA) is 72.7 Å². The average molecular weight is 444 g/mol. The molecule has 0 saturated carbocycles. The lowest BCUT2D eigenvalue weighted by Gasteiger charge is -2.27. The van der Waals surface area contributed by atoms with Crippen LogP contribution in [0.1, 0.15) is 17.8 Å². The normalized spacial score (nSPS) is 14.8. The Hall–Kier alpha value is -2.49. The SMILES string of the molecule is COc1ccc2nc(N(CCCN3CCOCC3)C(=O)Cn3nc(C)cc3C)sc2c1. The molecule has 0 unspecified atom stereocenters. The lowest BCUT2D eigenvalue weighted by Crippen LogP contribution is -2.40. The molecular weight excluding hydrogens is 414 g/mol. The summed E-state index contributed by atoms with van der Waals surface area (Å²) in [4.78, 5) is 22.3. The number of fused-ring (bicyclic) bond motifs is 1. The second-order valence-corrected chi connectivity index (χ2v) is 8.78. The van der Waals surface area contributed by atoms with Crippen molar-refractivity contribution in [3.63, 3.8) is 0 Å². The maximum absolute atomic E-state index is 13.3. The average Bonchev–Trinajstić information content (AvgIpc) is 3.33. The van der Waals surface area contributed by atoms with Crippen LogP contribution in [-0.2, 0) is 16.1 Å². The van der Waals surface area contributed by atoms with Gasteiger partial charge in [-0.15, -0.1) is 0 Å². The molecule has 0 atom stereocenters. The minimum Gasteiger partial charge on any atom is -0.497 e. The molecule has 2 aromatic heterocycles. The lowest BCUT2D eigenvalue weighted by molar-refractivity contribution is -0.119. The third kappa shape index (κ3) is 5.23. The monoisotopic (exact) mass is 443 g/mol. The van der Waals surface area contributed by atoms with Crippen LogP contribution in [0.3, 0.4) is 0 Å². The molecule has 0 N–H and O–H groups in total. The Morgan fingerprint density at radius 2 is 2.06 bits per heavy atom. The van der Waals surface area contributed by atoms with E-state index in [4.69, 9.17) is 14.5 Å². The second-order valence-electron chi connectivity index (χ2n) is 7.77. The molecule has 8 nitrogen and oxygen atoms in total. The van der Waals surface area contributed by atoms with Crippen LogP contribution in [0.15, 0.2) is 24.3 Å². The van der Waals surface area contributed by atoms with E-state index >= 15 is 0 Å². The molecule has 1 amide bonds. The number of rotatable bonds is 8. The molecule has 1 aliphatic rings. The zero-order valence-corrected chi connectivity index (χ0v) is 19.2. The van der Waals surface area contributed by atoms with E-state index in [2.05, 4.69) is 10.00 Å². The summed E-state index contributed by atoms with van der Waals surface area (Å²) in [5.41, 5.74) is 2.77. The predicted molar refractivity (Wildman–Crippen MR) is 122 cm³/mol. The lowest BCUT2D eigenvalue weighted by atomic mass is 10.3. The van der Waals surface area contributed by atoms with Gasteiger partial charge in [0, 0.05) is 31.9 Å². The fourth-order valence-electron chi connectivity index (χ4n) is 3.79. The Labute approximate surface area is 186 Å². The number of carbonyl (C=O) groups excluding carboxylic acids is 1. The highest BCUT2D eigenvalue weighted by Gasteiger charge is 2.22. The van der Waals surface area contributed by atoms with E-state index in [1.807, 2.05) is 43.0 Å². The van der Waals surface area contributed by atoms with Crippen LogP contribution in [-0.4, -0.2) is 72.1 Å². The van der Waals surface area contributed by atoms with Gasteiger partial charge >= 0.3 is 0 Å². The molecule has 1 aliphatic heterocycles. The highest BCUT2D eigenvalue weighted by Crippen LogP contribution is 2.31. The summed E-state index contributed by atoms with van der Waals surface area (Å²) in [7, 11) is 1.65. The van der Waals surface area contributed by atoms with Gasteiger partial charge in [-0.1, -0.05) is 11.3 Å². The Morgan fingerprint density at radius 3 is 2.77 bits per heavy atom. The van der Waals surface area contributed by atoms with E-state index < -0.39 is 0 Å². The van der Waals surface area contributed by atoms with Crippen molar-refractivity contribution in [2.45, 2.75) is 26.8 Å². The minimum atomic E-state index is -0.000742. The third-order valence-electron chi connectivity index (χ3n) is 5.46. The third-order valence-corrected chi connectivity index (χ3v) is 6.51. The fourth-order valence-corrected chi connectivity index (χ4v) is 4.83. The largest absolute Gasteiger partial charge is 0.497 e. The summed E-state index contributed by atoms with van der Waals surface area (Å²) in [5, 5.41) is 5.18. The molecule has 0 radical (unpaired) electrons. The summed E-state index contributed by atoms with van der Waals surface area (Å²) in [6.07, 6.45) is 0.877. The summed E-state index contributed by atoms with van der Waals surface area (Å²) < 4.78 is 13.5. The number of benzene rings is 1. The molecule has 1 saturated heterocycles. The molecule has 1 fully saturated rings. The number of nitrogens with zero attached hydrogens (tertiary/aromatic N) is 5. The van der Waals surface area contributed by atoms with E-state index in [9.17, 15) is 4.79 Å². The smallest absolute Gasteiger partial charge is 0.250 e. The number of carbonyl (C=O) groups is 1. The van der Waals surface area contributed by atoms with Crippen molar-refractivity contribution >= 4 is 32.6 Å². The van der Waals surface area contributed by atoms with Crippen LogP contribution in [0.4, 0.5) is 5.13 Å². The molecular formula is C22H29N5O3S. The number of aryl methyl sites for hydroxylation is 2. The van der Waals surface area contributed by atoms with Gasteiger partial charge in [-0.25, -0.2) is 4.98 Å². The Bertz CT molecular complexity index is 1040. The van der Waals surface area contributed by atoms with Gasteiger partial charge in [-0.3, -0.25) is 19.3 Å². The fraction of sp³-hybridized carbons (Fsp3) is 0.500. The molecule has 166 valence electrons. The van der Waals surface area contributed by atoms with Crippen molar-refractivity contribution in [3.05, 3.63) is 35.7 Å². The summed E-state index contributed by atoms with van der Waals surface area (Å²) in [6, 6.07) is 7.78. The zero-order valence-electron chi connectivity index (χ0n) is 18.3. The molecule has 4 rings (SSSR count). The maximum Gasteiger partial charge on any atom is 0.250 e. The molecule has 31 heavy (non-hydrogen) atoms. The highest BCUT2D eigenvalue weighted by molar-refractivity contribution is 7.22. The standard InChI is InChI=1S/C22H29N5O3S/c1-16-13-17(2)27(24-16)15-21(28)26(8-4-7-25-9-11-30-12-10-25)22-23-19-6-5-18(29-3)14-20(19)31-22/h5-6,13-14H,4,7-12,15H2,1-3H3. The summed E-state index contributed by atoms with van der Waals surface area (Å²) in [5.74, 6) is 0.787. The first-order chi connectivity index (χ1) is 15.0. The molecule has 0 bridgehead atoms. The van der Waals surface area contributed by atoms with Gasteiger partial charge in [0.05, 0.1) is 36.2 Å². The predicted octanol–water partition coefficient (Wildman–Crippen LogP) is 2.87. The first-order valence-electron chi connectivity index (χ1n) is 10.6. The molecule has 1 aromatic carbocycles. The molecule has 3 heterocycles. The first kappa shape index (κ1) is 21.7. The van der Waals surface area contributed by atoms with Crippen molar-refractivity contribution < 1.29 is 14.3 Å². The minimum absolute atomic E-state index is 0.000742. The van der Waals surface area contributed by atoms with Gasteiger partial charge < -0.3 is 9.47 Å². The van der Waals surface area contributed by atoms with E-state index in [1.165, 1.54) is 11.3 Å². The number of methoxy groups -OCH3 is 1. The Balaban J connectivity index is 1.53. The van der Waals surface area contributed by atoms with Crippen molar-refractivity contribution in [1.29, 1.82) is 0 Å². The van der Waals surface area contributed by atoms with Gasteiger partial charge in [0.25, 0.3) is 5.91 Å². The number of aromatic nitrogens is 3. The molecule has 0 spiro atoms. The highest BCUT2D eigenvalue weighted by atomic mass is 32.1. The van der Waals surface area contributed by atoms with Crippen LogP contribution >= 0.6 is 11.3 Å².